The minimum Gasteiger partial charge on any atom is -0.485 e. The van der Waals surface area contributed by atoms with E-state index in [2.05, 4.69) is 10.2 Å². The van der Waals surface area contributed by atoms with E-state index in [4.69, 9.17) is 4.74 Å². The van der Waals surface area contributed by atoms with Crippen LogP contribution in [0.3, 0.4) is 0 Å². The minimum atomic E-state index is -1.27. The van der Waals surface area contributed by atoms with Gasteiger partial charge in [-0.15, -0.1) is 0 Å². The van der Waals surface area contributed by atoms with E-state index in [-0.39, 0.29) is 23.7 Å². The van der Waals surface area contributed by atoms with E-state index in [0.717, 1.165) is 50.3 Å². The zero-order valence-corrected chi connectivity index (χ0v) is 22.4. The number of amides is 1. The topological polar surface area (TPSA) is 88.8 Å². The number of hydrogen-bond donors (Lipinski definition) is 1. The smallest absolute Gasteiger partial charge is 0.332 e. The Morgan fingerprint density at radius 3 is 2.20 bits per heavy atom. The summed E-state index contributed by atoms with van der Waals surface area (Å²) in [6.07, 6.45) is 0.672. The van der Waals surface area contributed by atoms with Gasteiger partial charge in [-0.2, -0.15) is 0 Å². The van der Waals surface area contributed by atoms with E-state index in [9.17, 15) is 23.2 Å². The lowest BCUT2D eigenvalue weighted by Crippen LogP contribution is -2.44. The first-order valence-electron chi connectivity index (χ1n) is 13.8. The number of piperidine rings is 1. The van der Waals surface area contributed by atoms with Crippen LogP contribution in [0.4, 0.5) is 8.78 Å². The van der Waals surface area contributed by atoms with Gasteiger partial charge in [-0.25, -0.2) is 13.6 Å². The van der Waals surface area contributed by atoms with Crippen LogP contribution in [-0.4, -0.2) is 84.1 Å². The Balaban J connectivity index is 1.50. The number of piperazine rings is 1. The lowest BCUT2D eigenvalue weighted by atomic mass is 10.0. The maximum absolute atomic E-state index is 13.8. The summed E-state index contributed by atoms with van der Waals surface area (Å²) in [5.74, 6) is 0.162. The van der Waals surface area contributed by atoms with Crippen molar-refractivity contribution in [2.75, 3.05) is 52.6 Å². The van der Waals surface area contributed by atoms with Crippen LogP contribution in [0.2, 0.25) is 0 Å². The molecule has 214 valence electrons. The molecule has 2 fully saturated rings. The van der Waals surface area contributed by atoms with E-state index in [0.29, 0.717) is 31.4 Å². The van der Waals surface area contributed by atoms with Crippen LogP contribution >= 0.6 is 0 Å². The van der Waals surface area contributed by atoms with Crippen molar-refractivity contribution in [3.8, 4) is 5.75 Å². The van der Waals surface area contributed by atoms with E-state index in [1.807, 2.05) is 24.3 Å². The monoisotopic (exact) mass is 555 g/mol. The summed E-state index contributed by atoms with van der Waals surface area (Å²) in [5, 5.41) is 3.58. The molecule has 2 aliphatic rings. The maximum atomic E-state index is 13.8. The molecule has 0 bridgehead atoms. The Labute approximate surface area is 230 Å². The Bertz CT molecular complexity index is 1420. The normalized spacial score (nSPS) is 17.0. The Hall–Kier alpha value is -3.57. The molecule has 1 aromatic heterocycles. The second-order valence-corrected chi connectivity index (χ2v) is 10.5. The van der Waals surface area contributed by atoms with Crippen molar-refractivity contribution in [2.24, 2.45) is 0 Å². The fraction of sp³-hybridized carbons (Fsp3) is 0.483. The number of nitrogens with one attached hydrogen (secondary N) is 1. The molecule has 3 aromatic rings. The average Bonchev–Trinajstić information content (AvgIpc) is 3.00. The molecule has 0 radical (unpaired) electrons. The molecule has 0 spiro atoms. The SMILES string of the molecule is O=CN1CCC(n2c(=O)n(Cc3ccc(CN4CCNCC4)cc3)c(=O)c3cc(OC(CF)CF)ccc32)CC1. The number of halogens is 2. The van der Waals surface area contributed by atoms with E-state index < -0.39 is 30.7 Å². The van der Waals surface area contributed by atoms with E-state index >= 15 is 0 Å². The molecule has 40 heavy (non-hydrogen) atoms. The van der Waals surface area contributed by atoms with E-state index in [1.54, 1.807) is 15.5 Å². The molecule has 2 saturated heterocycles. The van der Waals surface area contributed by atoms with Crippen molar-refractivity contribution in [3.63, 3.8) is 0 Å². The summed E-state index contributed by atoms with van der Waals surface area (Å²) < 4.78 is 34.5. The molecule has 1 amide bonds. The molecule has 0 aliphatic carbocycles. The second-order valence-electron chi connectivity index (χ2n) is 10.5. The first kappa shape index (κ1) is 28.0. The molecule has 1 N–H and O–H groups in total. The van der Waals surface area contributed by atoms with Crippen molar-refractivity contribution in [3.05, 3.63) is 74.4 Å². The molecule has 5 rings (SSSR count). The van der Waals surface area contributed by atoms with Crippen LogP contribution in [0, 0.1) is 0 Å². The highest BCUT2D eigenvalue weighted by atomic mass is 19.1. The van der Waals surface area contributed by atoms with Crippen molar-refractivity contribution >= 4 is 17.3 Å². The van der Waals surface area contributed by atoms with E-state index in [1.165, 1.54) is 16.7 Å². The van der Waals surface area contributed by atoms with Crippen LogP contribution in [0.1, 0.15) is 30.0 Å². The molecule has 2 aromatic carbocycles. The number of nitrogens with zero attached hydrogens (tertiary/aromatic N) is 4. The molecule has 0 saturated carbocycles. The zero-order chi connectivity index (χ0) is 28.1. The molecule has 3 heterocycles. The number of hydrogen-bond acceptors (Lipinski definition) is 6. The third-order valence-electron chi connectivity index (χ3n) is 7.78. The van der Waals surface area contributed by atoms with Gasteiger partial charge in [-0.1, -0.05) is 24.3 Å². The number of benzene rings is 2. The highest BCUT2D eigenvalue weighted by Crippen LogP contribution is 2.26. The quantitative estimate of drug-likeness (QED) is 0.386. The number of carbonyl (C=O) groups excluding carboxylic acids is 1. The number of alkyl halides is 2. The predicted molar refractivity (Wildman–Crippen MR) is 148 cm³/mol. The molecule has 2 aliphatic heterocycles. The van der Waals surface area contributed by atoms with Gasteiger partial charge in [-0.3, -0.25) is 23.6 Å². The number of fused-ring (bicyclic) bond motifs is 1. The summed E-state index contributed by atoms with van der Waals surface area (Å²) in [6.45, 7) is 3.85. The first-order valence-corrected chi connectivity index (χ1v) is 13.8. The molecule has 9 nitrogen and oxygen atoms in total. The third kappa shape index (κ3) is 6.10. The number of carbonyl (C=O) groups is 1. The van der Waals surface area contributed by atoms with Gasteiger partial charge in [0.15, 0.2) is 6.10 Å². The second kappa shape index (κ2) is 12.7. The van der Waals surface area contributed by atoms with Crippen molar-refractivity contribution in [1.29, 1.82) is 0 Å². The van der Waals surface area contributed by atoms with Crippen LogP contribution in [-0.2, 0) is 17.9 Å². The zero-order valence-electron chi connectivity index (χ0n) is 22.4. The van der Waals surface area contributed by atoms with Crippen LogP contribution in [0.5, 0.6) is 5.75 Å². The fourth-order valence-corrected chi connectivity index (χ4v) is 5.53. The van der Waals surface area contributed by atoms with Crippen LogP contribution in [0.25, 0.3) is 10.9 Å². The Morgan fingerprint density at radius 1 is 0.925 bits per heavy atom. The van der Waals surface area contributed by atoms with Crippen LogP contribution in [0.15, 0.2) is 52.1 Å². The highest BCUT2D eigenvalue weighted by molar-refractivity contribution is 5.80. The third-order valence-corrected chi connectivity index (χ3v) is 7.78. The van der Waals surface area contributed by atoms with Crippen molar-refractivity contribution in [1.82, 2.24) is 24.3 Å². The first-order chi connectivity index (χ1) is 19.5. The highest BCUT2D eigenvalue weighted by Gasteiger charge is 2.25. The van der Waals surface area contributed by atoms with Crippen molar-refractivity contribution in [2.45, 2.75) is 38.1 Å². The molecule has 0 unspecified atom stereocenters. The summed E-state index contributed by atoms with van der Waals surface area (Å²) >= 11 is 0. The number of likely N-dealkylation sites (tertiary alicyclic amines) is 1. The summed E-state index contributed by atoms with van der Waals surface area (Å²) in [4.78, 5) is 42.8. The number of aromatic nitrogens is 2. The Kier molecular flexibility index (Phi) is 8.91. The predicted octanol–water partition coefficient (Wildman–Crippen LogP) is 2.10. The summed E-state index contributed by atoms with van der Waals surface area (Å²) in [6, 6.07) is 12.3. The van der Waals surface area contributed by atoms with Gasteiger partial charge in [0, 0.05) is 51.9 Å². The standard InChI is InChI=1S/C29H35F2N5O4/c30-16-25(17-31)40-24-5-6-27-26(15-24)28(38)35(29(39)36(27)23-7-11-34(20-37)12-8-23)19-22-3-1-21(2-4-22)18-33-13-9-32-10-14-33/h1-6,15,20,23,25,32H,7-14,16-19H2. The van der Waals surface area contributed by atoms with Gasteiger partial charge in [0.2, 0.25) is 6.41 Å². The number of rotatable bonds is 10. The lowest BCUT2D eigenvalue weighted by Gasteiger charge is -2.31. The van der Waals surface area contributed by atoms with Gasteiger partial charge in [0.1, 0.15) is 19.1 Å². The van der Waals surface area contributed by atoms with Gasteiger partial charge >= 0.3 is 5.69 Å². The molecular formula is C29H35F2N5O4. The largest absolute Gasteiger partial charge is 0.485 e. The number of ether oxygens (including phenoxy) is 1. The average molecular weight is 556 g/mol. The van der Waals surface area contributed by atoms with Crippen molar-refractivity contribution < 1.29 is 18.3 Å². The minimum absolute atomic E-state index is 0.0807. The molecule has 0 atom stereocenters. The molecule has 11 heteroatoms. The lowest BCUT2D eigenvalue weighted by molar-refractivity contribution is -0.119. The van der Waals surface area contributed by atoms with Gasteiger partial charge in [-0.05, 0) is 42.2 Å². The van der Waals surface area contributed by atoms with Crippen LogP contribution < -0.4 is 21.3 Å². The molecular weight excluding hydrogens is 520 g/mol. The summed E-state index contributed by atoms with van der Waals surface area (Å²) in [5.41, 5.74) is 1.49. The summed E-state index contributed by atoms with van der Waals surface area (Å²) in [7, 11) is 0. The van der Waals surface area contributed by atoms with Gasteiger partial charge < -0.3 is 15.0 Å². The van der Waals surface area contributed by atoms with Gasteiger partial charge in [0.25, 0.3) is 5.56 Å². The van der Waals surface area contributed by atoms with Gasteiger partial charge in [0.05, 0.1) is 17.4 Å². The Morgan fingerprint density at radius 2 is 1.57 bits per heavy atom. The maximum Gasteiger partial charge on any atom is 0.332 e. The fourth-order valence-electron chi connectivity index (χ4n) is 5.53.